The SMILES string of the molecule is FC(F)(F)c1ccc(Cl)c(-c2c(Cl)cc(Cl)cc2Cl)c1. The minimum absolute atomic E-state index is 0.105. The lowest BCUT2D eigenvalue weighted by atomic mass is 10.0. The van der Waals surface area contributed by atoms with E-state index in [-0.39, 0.29) is 31.2 Å². The molecule has 0 aliphatic heterocycles. The second kappa shape index (κ2) is 5.64. The van der Waals surface area contributed by atoms with Gasteiger partial charge in [0.1, 0.15) is 0 Å². The normalized spacial score (nSPS) is 11.8. The second-order valence-electron chi connectivity index (χ2n) is 3.94. The van der Waals surface area contributed by atoms with Gasteiger partial charge in [-0.1, -0.05) is 46.4 Å². The molecule has 2 aromatic rings. The molecule has 0 unspecified atom stereocenters. The number of benzene rings is 2. The summed E-state index contributed by atoms with van der Waals surface area (Å²) < 4.78 is 38.3. The van der Waals surface area contributed by atoms with Crippen molar-refractivity contribution < 1.29 is 13.2 Å². The fraction of sp³-hybridized carbons (Fsp3) is 0.0769. The van der Waals surface area contributed by atoms with Crippen molar-refractivity contribution in [1.82, 2.24) is 0 Å². The molecule has 2 aromatic carbocycles. The highest BCUT2D eigenvalue weighted by Gasteiger charge is 2.31. The fourth-order valence-corrected chi connectivity index (χ4v) is 2.93. The summed E-state index contributed by atoms with van der Waals surface area (Å²) in [6.45, 7) is 0. The molecule has 0 saturated heterocycles. The Morgan fingerprint density at radius 1 is 0.750 bits per heavy atom. The van der Waals surface area contributed by atoms with Crippen LogP contribution in [-0.4, -0.2) is 0 Å². The van der Waals surface area contributed by atoms with Crippen LogP contribution in [0.2, 0.25) is 20.1 Å². The van der Waals surface area contributed by atoms with E-state index >= 15 is 0 Å². The molecule has 20 heavy (non-hydrogen) atoms. The van der Waals surface area contributed by atoms with Crippen LogP contribution >= 0.6 is 46.4 Å². The Bertz CT molecular complexity index is 642. The molecule has 0 atom stereocenters. The first-order valence-corrected chi connectivity index (χ1v) is 6.73. The van der Waals surface area contributed by atoms with Gasteiger partial charge in [0, 0.05) is 21.2 Å². The molecule has 0 heterocycles. The van der Waals surface area contributed by atoms with Crippen molar-refractivity contribution in [3.05, 3.63) is 56.0 Å². The first kappa shape index (κ1) is 15.8. The largest absolute Gasteiger partial charge is 0.416 e. The Kier molecular flexibility index (Phi) is 4.45. The van der Waals surface area contributed by atoms with Gasteiger partial charge in [-0.25, -0.2) is 0 Å². The lowest BCUT2D eigenvalue weighted by Gasteiger charge is -2.13. The van der Waals surface area contributed by atoms with Crippen molar-refractivity contribution in [3.8, 4) is 11.1 Å². The van der Waals surface area contributed by atoms with Gasteiger partial charge in [-0.3, -0.25) is 0 Å². The summed E-state index contributed by atoms with van der Waals surface area (Å²) in [4.78, 5) is 0. The Morgan fingerprint density at radius 3 is 1.80 bits per heavy atom. The van der Waals surface area contributed by atoms with E-state index in [4.69, 9.17) is 46.4 Å². The quantitative estimate of drug-likeness (QED) is 0.514. The third-order valence-electron chi connectivity index (χ3n) is 2.57. The van der Waals surface area contributed by atoms with E-state index in [1.165, 1.54) is 12.1 Å². The van der Waals surface area contributed by atoms with Gasteiger partial charge < -0.3 is 0 Å². The molecule has 0 nitrogen and oxygen atoms in total. The minimum Gasteiger partial charge on any atom is -0.166 e. The van der Waals surface area contributed by atoms with Crippen LogP contribution in [0.3, 0.4) is 0 Å². The van der Waals surface area contributed by atoms with Crippen molar-refractivity contribution in [3.63, 3.8) is 0 Å². The Balaban J connectivity index is 2.70. The molecule has 0 aliphatic rings. The van der Waals surface area contributed by atoms with Gasteiger partial charge in [-0.05, 0) is 30.3 Å². The standard InChI is InChI=1S/C13H5Cl4F3/c14-7-4-10(16)12(11(17)5-7)8-3-6(13(18,19)20)1-2-9(8)15/h1-5H. The molecule has 106 valence electrons. The Morgan fingerprint density at radius 2 is 1.30 bits per heavy atom. The number of halogens is 7. The second-order valence-corrected chi connectivity index (χ2v) is 5.59. The average molecular weight is 360 g/mol. The zero-order chi connectivity index (χ0) is 15.1. The Hall–Kier alpha value is -0.610. The van der Waals surface area contributed by atoms with E-state index in [1.807, 2.05) is 0 Å². The average Bonchev–Trinajstić information content (AvgIpc) is 2.28. The maximum absolute atomic E-state index is 12.8. The first-order chi connectivity index (χ1) is 9.20. The van der Waals surface area contributed by atoms with Crippen LogP contribution in [0.25, 0.3) is 11.1 Å². The molecule has 0 radical (unpaired) electrons. The summed E-state index contributed by atoms with van der Waals surface area (Å²) >= 11 is 23.7. The van der Waals surface area contributed by atoms with E-state index in [2.05, 4.69) is 0 Å². The summed E-state index contributed by atoms with van der Waals surface area (Å²) in [6, 6.07) is 5.73. The highest BCUT2D eigenvalue weighted by atomic mass is 35.5. The van der Waals surface area contributed by atoms with Crippen LogP contribution in [0, 0.1) is 0 Å². The maximum Gasteiger partial charge on any atom is 0.416 e. The van der Waals surface area contributed by atoms with Crippen LogP contribution in [0.15, 0.2) is 30.3 Å². The predicted molar refractivity (Wildman–Crippen MR) is 76.9 cm³/mol. The Labute approximate surface area is 133 Å². The first-order valence-electron chi connectivity index (χ1n) is 5.22. The van der Waals surface area contributed by atoms with E-state index in [9.17, 15) is 13.2 Å². The van der Waals surface area contributed by atoms with Gasteiger partial charge in [-0.2, -0.15) is 13.2 Å². The number of rotatable bonds is 1. The molecular formula is C13H5Cl4F3. The van der Waals surface area contributed by atoms with Crippen molar-refractivity contribution in [2.45, 2.75) is 6.18 Å². The number of hydrogen-bond donors (Lipinski definition) is 0. The lowest BCUT2D eigenvalue weighted by Crippen LogP contribution is -2.04. The third-order valence-corrected chi connectivity index (χ3v) is 3.71. The zero-order valence-corrected chi connectivity index (χ0v) is 12.6. The summed E-state index contributed by atoms with van der Waals surface area (Å²) in [5.74, 6) is 0. The smallest absolute Gasteiger partial charge is 0.166 e. The maximum atomic E-state index is 12.8. The molecule has 0 amide bonds. The highest BCUT2D eigenvalue weighted by Crippen LogP contribution is 2.42. The molecule has 0 fully saturated rings. The van der Waals surface area contributed by atoms with Crippen LogP contribution < -0.4 is 0 Å². The highest BCUT2D eigenvalue weighted by molar-refractivity contribution is 6.43. The van der Waals surface area contributed by atoms with E-state index < -0.39 is 11.7 Å². The topological polar surface area (TPSA) is 0 Å². The molecule has 0 N–H and O–H groups in total. The monoisotopic (exact) mass is 358 g/mol. The molecule has 0 aliphatic carbocycles. The van der Waals surface area contributed by atoms with E-state index in [0.29, 0.717) is 0 Å². The van der Waals surface area contributed by atoms with Gasteiger partial charge in [0.25, 0.3) is 0 Å². The van der Waals surface area contributed by atoms with Crippen molar-refractivity contribution in [2.24, 2.45) is 0 Å². The van der Waals surface area contributed by atoms with E-state index in [1.54, 1.807) is 0 Å². The summed E-state index contributed by atoms with van der Waals surface area (Å²) in [5.41, 5.74) is -0.513. The molecule has 0 aromatic heterocycles. The van der Waals surface area contributed by atoms with Crippen LogP contribution in [-0.2, 0) is 6.18 Å². The molecule has 0 bridgehead atoms. The molecule has 2 rings (SSSR count). The van der Waals surface area contributed by atoms with Crippen LogP contribution in [0.1, 0.15) is 5.56 Å². The van der Waals surface area contributed by atoms with Gasteiger partial charge in [0.15, 0.2) is 0 Å². The summed E-state index contributed by atoms with van der Waals surface area (Å²) in [6.07, 6.45) is -4.48. The van der Waals surface area contributed by atoms with Crippen molar-refractivity contribution in [2.75, 3.05) is 0 Å². The molecule has 0 spiro atoms. The minimum atomic E-state index is -4.48. The predicted octanol–water partition coefficient (Wildman–Crippen LogP) is 6.99. The van der Waals surface area contributed by atoms with Crippen molar-refractivity contribution >= 4 is 46.4 Å². The van der Waals surface area contributed by atoms with E-state index in [0.717, 1.165) is 18.2 Å². The molecule has 0 saturated carbocycles. The number of alkyl halides is 3. The molecule has 7 heteroatoms. The van der Waals surface area contributed by atoms with Crippen LogP contribution in [0.4, 0.5) is 13.2 Å². The summed E-state index contributed by atoms with van der Waals surface area (Å²) in [5, 5.41) is 0.656. The molecular weight excluding hydrogens is 355 g/mol. The third kappa shape index (κ3) is 3.17. The van der Waals surface area contributed by atoms with Gasteiger partial charge in [0.2, 0.25) is 0 Å². The van der Waals surface area contributed by atoms with Crippen molar-refractivity contribution in [1.29, 1.82) is 0 Å². The summed E-state index contributed by atoms with van der Waals surface area (Å²) in [7, 11) is 0. The van der Waals surface area contributed by atoms with Gasteiger partial charge >= 0.3 is 6.18 Å². The van der Waals surface area contributed by atoms with Gasteiger partial charge in [0.05, 0.1) is 15.6 Å². The van der Waals surface area contributed by atoms with Gasteiger partial charge in [-0.15, -0.1) is 0 Å². The van der Waals surface area contributed by atoms with Crippen LogP contribution in [0.5, 0.6) is 0 Å². The zero-order valence-electron chi connectivity index (χ0n) is 9.53. The lowest BCUT2D eigenvalue weighted by molar-refractivity contribution is -0.137. The fourth-order valence-electron chi connectivity index (χ4n) is 1.69. The number of hydrogen-bond acceptors (Lipinski definition) is 0.